The van der Waals surface area contributed by atoms with E-state index in [4.69, 9.17) is 0 Å². The highest BCUT2D eigenvalue weighted by Crippen LogP contribution is 2.19. The van der Waals surface area contributed by atoms with Crippen molar-refractivity contribution in [3.63, 3.8) is 0 Å². The molecule has 0 aliphatic heterocycles. The van der Waals surface area contributed by atoms with Gasteiger partial charge in [-0.05, 0) is 62.4 Å². The molecule has 2 heterocycles. The second-order valence-corrected chi connectivity index (χ2v) is 7.19. The third kappa shape index (κ3) is 7.71. The van der Waals surface area contributed by atoms with E-state index in [0.29, 0.717) is 37.3 Å². The van der Waals surface area contributed by atoms with Crippen molar-refractivity contribution in [1.82, 2.24) is 9.97 Å². The highest BCUT2D eigenvalue weighted by atomic mass is 32.1. The molecule has 0 N–H and O–H groups in total. The van der Waals surface area contributed by atoms with Crippen molar-refractivity contribution in [3.05, 3.63) is 72.2 Å². The number of aromatic nitrogens is 2. The summed E-state index contributed by atoms with van der Waals surface area (Å²) < 4.78 is 27.2. The summed E-state index contributed by atoms with van der Waals surface area (Å²) >= 11 is 4.29. The number of aliphatic imine (C=N–C) groups is 1. The molecule has 0 radical (unpaired) electrons. The number of hydrogen-bond donors (Lipinski definition) is 1. The lowest BCUT2D eigenvalue weighted by Crippen LogP contribution is -2.34. The third-order valence-corrected chi connectivity index (χ3v) is 4.84. The van der Waals surface area contributed by atoms with Gasteiger partial charge in [0.2, 0.25) is 11.9 Å². The summed E-state index contributed by atoms with van der Waals surface area (Å²) in [5.41, 5.74) is 1.41. The smallest absolute Gasteiger partial charge is 0.220 e. The largest absolute Gasteiger partial charge is 0.354 e. The lowest BCUT2D eigenvalue weighted by Gasteiger charge is -2.28. The van der Waals surface area contributed by atoms with Crippen molar-refractivity contribution in [2.24, 2.45) is 4.99 Å². The lowest BCUT2D eigenvalue weighted by atomic mass is 10.0. The van der Waals surface area contributed by atoms with E-state index < -0.39 is 11.9 Å². The van der Waals surface area contributed by atoms with Crippen LogP contribution in [0.5, 0.6) is 0 Å². The molecule has 7 heteroatoms. The zero-order chi connectivity index (χ0) is 21.8. The summed E-state index contributed by atoms with van der Waals surface area (Å²) in [4.78, 5) is 14.2. The van der Waals surface area contributed by atoms with Gasteiger partial charge in [-0.25, -0.2) is 9.97 Å². The van der Waals surface area contributed by atoms with Crippen LogP contribution in [0.3, 0.4) is 0 Å². The number of rotatable bonds is 12. The van der Waals surface area contributed by atoms with Gasteiger partial charge < -0.3 is 4.90 Å². The fourth-order valence-electron chi connectivity index (χ4n) is 2.97. The zero-order valence-corrected chi connectivity index (χ0v) is 18.1. The van der Waals surface area contributed by atoms with E-state index in [-0.39, 0.29) is 6.04 Å². The molecule has 0 bridgehead atoms. The Kier molecular flexibility index (Phi) is 10.2. The molecule has 2 rings (SSSR count). The Balaban J connectivity index is 2.02. The van der Waals surface area contributed by atoms with Crippen LogP contribution in [0.1, 0.15) is 31.7 Å². The van der Waals surface area contributed by atoms with Gasteiger partial charge in [0.25, 0.3) is 0 Å². The van der Waals surface area contributed by atoms with Crippen LogP contribution in [0.25, 0.3) is 6.08 Å². The average Bonchev–Trinajstić information content (AvgIpc) is 2.74. The topological polar surface area (TPSA) is 41.4 Å². The third-order valence-electron chi connectivity index (χ3n) is 4.52. The lowest BCUT2D eigenvalue weighted by molar-refractivity contribution is 0.577. The first kappa shape index (κ1) is 23.7. The van der Waals surface area contributed by atoms with E-state index >= 15 is 0 Å². The molecule has 0 saturated carbocycles. The van der Waals surface area contributed by atoms with Crippen molar-refractivity contribution >= 4 is 30.7 Å². The number of hydrogen-bond acceptors (Lipinski definition) is 5. The van der Waals surface area contributed by atoms with E-state index in [9.17, 15) is 8.78 Å². The number of allylic oxidation sites excluding steroid dienone is 1. The Morgan fingerprint density at radius 1 is 1.30 bits per heavy atom. The summed E-state index contributed by atoms with van der Waals surface area (Å²) in [6, 6.07) is 8.02. The van der Waals surface area contributed by atoms with Gasteiger partial charge in [0.1, 0.15) is 5.82 Å². The maximum Gasteiger partial charge on any atom is 0.220 e. The molecule has 160 valence electrons. The summed E-state index contributed by atoms with van der Waals surface area (Å²) in [6.07, 6.45) is 9.07. The Morgan fingerprint density at radius 3 is 2.83 bits per heavy atom. The number of halogens is 2. The first-order valence-corrected chi connectivity index (χ1v) is 10.6. The van der Waals surface area contributed by atoms with Gasteiger partial charge >= 0.3 is 0 Å². The molecule has 0 aromatic carbocycles. The predicted molar refractivity (Wildman–Crippen MR) is 124 cm³/mol. The van der Waals surface area contributed by atoms with Crippen LogP contribution in [0.2, 0.25) is 0 Å². The average molecular weight is 431 g/mol. The molecule has 0 unspecified atom stereocenters. The SMILES string of the molecule is C=C(CCC=Cc1cccnc1F)[C@@H](CN(CCCS)c1cccc(F)n1)N=CC. The first-order valence-electron chi connectivity index (χ1n) is 9.96. The molecule has 0 saturated heterocycles. The minimum absolute atomic E-state index is 0.150. The Labute approximate surface area is 182 Å². The van der Waals surface area contributed by atoms with Crippen LogP contribution >= 0.6 is 12.6 Å². The molecule has 0 fully saturated rings. The van der Waals surface area contributed by atoms with Crippen molar-refractivity contribution < 1.29 is 8.78 Å². The van der Waals surface area contributed by atoms with Crippen molar-refractivity contribution in [2.75, 3.05) is 23.7 Å². The minimum Gasteiger partial charge on any atom is -0.354 e. The maximum atomic E-state index is 13.6. The quantitative estimate of drug-likeness (QED) is 0.212. The van der Waals surface area contributed by atoms with Crippen molar-refractivity contribution in [1.29, 1.82) is 0 Å². The van der Waals surface area contributed by atoms with Gasteiger partial charge in [0.15, 0.2) is 0 Å². The van der Waals surface area contributed by atoms with E-state index in [2.05, 4.69) is 34.2 Å². The maximum absolute atomic E-state index is 13.6. The van der Waals surface area contributed by atoms with Crippen molar-refractivity contribution in [3.8, 4) is 0 Å². The Bertz CT molecular complexity index is 870. The highest BCUT2D eigenvalue weighted by molar-refractivity contribution is 7.80. The van der Waals surface area contributed by atoms with Gasteiger partial charge in [-0.15, -0.1) is 0 Å². The van der Waals surface area contributed by atoms with Crippen LogP contribution in [0.15, 0.2) is 59.7 Å². The van der Waals surface area contributed by atoms with E-state index in [0.717, 1.165) is 17.7 Å². The molecular formula is C23H28F2N4S. The normalized spacial score (nSPS) is 12.5. The molecule has 0 amide bonds. The fourth-order valence-corrected chi connectivity index (χ4v) is 3.11. The number of nitrogens with zero attached hydrogens (tertiary/aromatic N) is 4. The minimum atomic E-state index is -0.509. The van der Waals surface area contributed by atoms with Crippen LogP contribution in [0, 0.1) is 11.9 Å². The first-order chi connectivity index (χ1) is 14.5. The summed E-state index contributed by atoms with van der Waals surface area (Å²) in [7, 11) is 0. The molecule has 0 aliphatic carbocycles. The summed E-state index contributed by atoms with van der Waals surface area (Å²) in [5.74, 6) is 0.311. The van der Waals surface area contributed by atoms with Gasteiger partial charge in [0.05, 0.1) is 6.04 Å². The monoisotopic (exact) mass is 430 g/mol. The van der Waals surface area contributed by atoms with Crippen LogP contribution in [-0.4, -0.2) is 41.1 Å². The van der Waals surface area contributed by atoms with Gasteiger partial charge in [-0.1, -0.05) is 30.4 Å². The summed E-state index contributed by atoms with van der Waals surface area (Å²) in [6.45, 7) is 7.32. The van der Waals surface area contributed by atoms with Gasteiger partial charge in [0, 0.05) is 24.8 Å². The second kappa shape index (κ2) is 12.9. The molecular weight excluding hydrogens is 402 g/mol. The molecule has 4 nitrogen and oxygen atoms in total. The zero-order valence-electron chi connectivity index (χ0n) is 17.2. The van der Waals surface area contributed by atoms with Gasteiger partial charge in [-0.2, -0.15) is 21.4 Å². The van der Waals surface area contributed by atoms with E-state index in [1.54, 1.807) is 36.6 Å². The molecule has 2 aromatic rings. The standard InChI is InChI=1S/C23H28F2N4S/c1-3-26-20(17-29(15-8-16-30)22-13-6-12-21(24)28-22)18(2)9-4-5-10-19-11-7-14-27-23(19)25/h3,5-7,10-14,20,30H,2,4,8-9,15-17H2,1H3/t20-/m1/s1. The van der Waals surface area contributed by atoms with Crippen LogP contribution in [0.4, 0.5) is 14.6 Å². The van der Waals surface area contributed by atoms with Crippen molar-refractivity contribution in [2.45, 2.75) is 32.2 Å². The van der Waals surface area contributed by atoms with Gasteiger partial charge in [-0.3, -0.25) is 4.99 Å². The summed E-state index contributed by atoms with van der Waals surface area (Å²) in [5, 5.41) is 0. The molecule has 2 aromatic heterocycles. The number of anilines is 1. The molecule has 0 aliphatic rings. The molecule has 0 spiro atoms. The van der Waals surface area contributed by atoms with Crippen LogP contribution in [-0.2, 0) is 0 Å². The number of thiol groups is 1. The van der Waals surface area contributed by atoms with E-state index in [1.807, 2.05) is 17.9 Å². The highest BCUT2D eigenvalue weighted by Gasteiger charge is 2.17. The van der Waals surface area contributed by atoms with Crippen LogP contribution < -0.4 is 4.90 Å². The number of pyridine rings is 2. The Morgan fingerprint density at radius 2 is 2.13 bits per heavy atom. The second-order valence-electron chi connectivity index (χ2n) is 6.75. The fraction of sp³-hybridized carbons (Fsp3) is 0.348. The molecule has 30 heavy (non-hydrogen) atoms. The van der Waals surface area contributed by atoms with E-state index in [1.165, 1.54) is 12.3 Å². The predicted octanol–water partition coefficient (Wildman–Crippen LogP) is 5.39. The Hall–Kier alpha value is -2.54. The molecule has 1 atom stereocenters.